The highest BCUT2D eigenvalue weighted by Crippen LogP contribution is 2.23. The second-order valence-electron chi connectivity index (χ2n) is 5.64. The van der Waals surface area contributed by atoms with Crippen LogP contribution in [0.1, 0.15) is 43.0 Å². The second kappa shape index (κ2) is 7.33. The largest absolute Gasteiger partial charge is 0.452 e. The van der Waals surface area contributed by atoms with E-state index in [9.17, 15) is 18.4 Å². The maximum atomic E-state index is 13.4. The van der Waals surface area contributed by atoms with E-state index in [-0.39, 0.29) is 11.6 Å². The molecular formula is C16H19F2NO3. The van der Waals surface area contributed by atoms with Crippen molar-refractivity contribution in [1.82, 2.24) is 5.32 Å². The van der Waals surface area contributed by atoms with E-state index in [1.165, 1.54) is 0 Å². The van der Waals surface area contributed by atoms with E-state index in [1.807, 2.05) is 0 Å². The maximum absolute atomic E-state index is 13.4. The number of hydrogen-bond acceptors (Lipinski definition) is 3. The number of halogens is 2. The van der Waals surface area contributed by atoms with Crippen LogP contribution in [0.25, 0.3) is 0 Å². The van der Waals surface area contributed by atoms with Crippen LogP contribution in [-0.2, 0) is 9.53 Å². The molecule has 1 aliphatic carbocycles. The van der Waals surface area contributed by atoms with Crippen LogP contribution >= 0.6 is 0 Å². The predicted molar refractivity (Wildman–Crippen MR) is 76.2 cm³/mol. The Labute approximate surface area is 127 Å². The van der Waals surface area contributed by atoms with E-state index < -0.39 is 30.1 Å². The molecule has 1 aliphatic rings. The minimum absolute atomic E-state index is 0.0857. The van der Waals surface area contributed by atoms with Gasteiger partial charge in [-0.1, -0.05) is 19.8 Å². The third kappa shape index (κ3) is 4.26. The van der Waals surface area contributed by atoms with Crippen molar-refractivity contribution in [3.8, 4) is 0 Å². The fourth-order valence-electron chi connectivity index (χ4n) is 2.64. The predicted octanol–water partition coefficient (Wildman–Crippen LogP) is 2.82. The Morgan fingerprint density at radius 3 is 2.68 bits per heavy atom. The monoisotopic (exact) mass is 311 g/mol. The van der Waals surface area contributed by atoms with E-state index in [1.54, 1.807) is 0 Å². The number of hydrogen-bond donors (Lipinski definition) is 1. The zero-order chi connectivity index (χ0) is 16.1. The fraction of sp³-hybridized carbons (Fsp3) is 0.500. The van der Waals surface area contributed by atoms with Gasteiger partial charge in [0.15, 0.2) is 6.61 Å². The molecule has 0 heterocycles. The van der Waals surface area contributed by atoms with Crippen LogP contribution in [0.15, 0.2) is 18.2 Å². The minimum atomic E-state index is -1.01. The lowest BCUT2D eigenvalue weighted by Crippen LogP contribution is -2.42. The third-order valence-corrected chi connectivity index (χ3v) is 3.94. The molecule has 1 saturated carbocycles. The summed E-state index contributed by atoms with van der Waals surface area (Å²) < 4.78 is 30.9. The lowest BCUT2D eigenvalue weighted by molar-refractivity contribution is -0.125. The van der Waals surface area contributed by atoms with Gasteiger partial charge in [-0.15, -0.1) is 0 Å². The summed E-state index contributed by atoms with van der Waals surface area (Å²) in [6.07, 6.45) is 4.20. The molecule has 4 nitrogen and oxygen atoms in total. The van der Waals surface area contributed by atoms with E-state index in [2.05, 4.69) is 12.2 Å². The van der Waals surface area contributed by atoms with Crippen LogP contribution in [0, 0.1) is 17.6 Å². The first kappa shape index (κ1) is 16.4. The van der Waals surface area contributed by atoms with Crippen molar-refractivity contribution in [2.24, 2.45) is 5.92 Å². The molecule has 6 heteroatoms. The average molecular weight is 311 g/mol. The molecule has 2 atom stereocenters. The SMILES string of the molecule is C[C@@H]1CCCC[C@H]1NC(=O)COC(=O)c1ccc(F)cc1F. The Morgan fingerprint density at radius 1 is 1.27 bits per heavy atom. The third-order valence-electron chi connectivity index (χ3n) is 3.94. The van der Waals surface area contributed by atoms with Crippen molar-refractivity contribution in [3.63, 3.8) is 0 Å². The van der Waals surface area contributed by atoms with Crippen LogP contribution in [-0.4, -0.2) is 24.5 Å². The summed E-state index contributed by atoms with van der Waals surface area (Å²) in [7, 11) is 0. The van der Waals surface area contributed by atoms with E-state index >= 15 is 0 Å². The molecule has 0 unspecified atom stereocenters. The highest BCUT2D eigenvalue weighted by Gasteiger charge is 2.23. The summed E-state index contributed by atoms with van der Waals surface area (Å²) >= 11 is 0. The molecule has 0 aromatic heterocycles. The number of esters is 1. The summed E-state index contributed by atoms with van der Waals surface area (Å²) in [5.74, 6) is -2.79. The topological polar surface area (TPSA) is 55.4 Å². The maximum Gasteiger partial charge on any atom is 0.341 e. The van der Waals surface area contributed by atoms with Gasteiger partial charge < -0.3 is 10.1 Å². The number of carbonyl (C=O) groups excluding carboxylic acids is 2. The molecule has 0 aliphatic heterocycles. The Hall–Kier alpha value is -1.98. The molecule has 1 fully saturated rings. The van der Waals surface area contributed by atoms with E-state index in [0.717, 1.165) is 37.8 Å². The van der Waals surface area contributed by atoms with Crippen molar-refractivity contribution < 1.29 is 23.1 Å². The van der Waals surface area contributed by atoms with E-state index in [0.29, 0.717) is 12.0 Å². The molecule has 1 N–H and O–H groups in total. The normalized spacial score (nSPS) is 21.2. The number of nitrogens with one attached hydrogen (secondary N) is 1. The Bertz CT molecular complexity index is 562. The molecule has 1 aromatic carbocycles. The lowest BCUT2D eigenvalue weighted by Gasteiger charge is -2.29. The lowest BCUT2D eigenvalue weighted by atomic mass is 9.86. The first-order valence-electron chi connectivity index (χ1n) is 7.39. The molecule has 1 aromatic rings. The fourth-order valence-corrected chi connectivity index (χ4v) is 2.64. The van der Waals surface area contributed by atoms with Gasteiger partial charge in [0.1, 0.15) is 11.6 Å². The van der Waals surface area contributed by atoms with Crippen LogP contribution in [0.4, 0.5) is 8.78 Å². The molecular weight excluding hydrogens is 292 g/mol. The Morgan fingerprint density at radius 2 is 2.00 bits per heavy atom. The van der Waals surface area contributed by atoms with Crippen molar-refractivity contribution in [2.45, 2.75) is 38.6 Å². The minimum Gasteiger partial charge on any atom is -0.452 e. The number of ether oxygens (including phenoxy) is 1. The van der Waals surface area contributed by atoms with Gasteiger partial charge in [0.05, 0.1) is 5.56 Å². The molecule has 2 rings (SSSR count). The van der Waals surface area contributed by atoms with Crippen LogP contribution in [0.2, 0.25) is 0 Å². The van der Waals surface area contributed by atoms with Gasteiger partial charge in [0, 0.05) is 12.1 Å². The van der Waals surface area contributed by atoms with Crippen molar-refractivity contribution in [1.29, 1.82) is 0 Å². The molecule has 22 heavy (non-hydrogen) atoms. The Balaban J connectivity index is 1.84. The average Bonchev–Trinajstić information content (AvgIpc) is 2.47. The van der Waals surface area contributed by atoms with Crippen LogP contribution in [0.5, 0.6) is 0 Å². The van der Waals surface area contributed by atoms with Crippen molar-refractivity contribution in [2.75, 3.05) is 6.61 Å². The summed E-state index contributed by atoms with van der Waals surface area (Å²) in [5.41, 5.74) is -0.389. The van der Waals surface area contributed by atoms with Gasteiger partial charge >= 0.3 is 5.97 Å². The van der Waals surface area contributed by atoms with Gasteiger partial charge in [-0.05, 0) is 30.9 Å². The quantitative estimate of drug-likeness (QED) is 0.870. The number of carbonyl (C=O) groups is 2. The van der Waals surface area contributed by atoms with E-state index in [4.69, 9.17) is 4.74 Å². The number of rotatable bonds is 4. The van der Waals surface area contributed by atoms with Crippen LogP contribution in [0.3, 0.4) is 0 Å². The zero-order valence-electron chi connectivity index (χ0n) is 12.4. The second-order valence-corrected chi connectivity index (χ2v) is 5.64. The summed E-state index contributed by atoms with van der Waals surface area (Å²) in [5, 5.41) is 2.83. The summed E-state index contributed by atoms with van der Waals surface area (Å²) in [4.78, 5) is 23.5. The van der Waals surface area contributed by atoms with Gasteiger partial charge in [-0.3, -0.25) is 4.79 Å². The van der Waals surface area contributed by atoms with Gasteiger partial charge in [0.2, 0.25) is 0 Å². The van der Waals surface area contributed by atoms with Crippen molar-refractivity contribution >= 4 is 11.9 Å². The molecule has 0 bridgehead atoms. The van der Waals surface area contributed by atoms with Gasteiger partial charge in [-0.25, -0.2) is 13.6 Å². The molecule has 120 valence electrons. The van der Waals surface area contributed by atoms with Crippen LogP contribution < -0.4 is 5.32 Å². The highest BCUT2D eigenvalue weighted by molar-refractivity contribution is 5.91. The number of amides is 1. The summed E-state index contributed by atoms with van der Waals surface area (Å²) in [6, 6.07) is 2.64. The van der Waals surface area contributed by atoms with Gasteiger partial charge in [0.25, 0.3) is 5.91 Å². The molecule has 0 spiro atoms. The standard InChI is InChI=1S/C16H19F2NO3/c1-10-4-2-3-5-14(10)19-15(20)9-22-16(21)12-7-6-11(17)8-13(12)18/h6-8,10,14H,2-5,9H2,1H3,(H,19,20)/t10-,14-/m1/s1. The number of benzene rings is 1. The summed E-state index contributed by atoms with van der Waals surface area (Å²) in [6.45, 7) is 1.60. The molecule has 0 radical (unpaired) electrons. The van der Waals surface area contributed by atoms with Crippen molar-refractivity contribution in [3.05, 3.63) is 35.4 Å². The first-order valence-corrected chi connectivity index (χ1v) is 7.39. The highest BCUT2D eigenvalue weighted by atomic mass is 19.1. The zero-order valence-corrected chi connectivity index (χ0v) is 12.4. The first-order chi connectivity index (χ1) is 10.5. The molecule has 0 saturated heterocycles. The molecule has 1 amide bonds. The Kier molecular flexibility index (Phi) is 5.46. The van der Waals surface area contributed by atoms with Gasteiger partial charge in [-0.2, -0.15) is 0 Å². The smallest absolute Gasteiger partial charge is 0.341 e.